The van der Waals surface area contributed by atoms with E-state index in [9.17, 15) is 9.59 Å². The highest BCUT2D eigenvalue weighted by Crippen LogP contribution is 2.26. The topological polar surface area (TPSA) is 202 Å². The van der Waals surface area contributed by atoms with Crippen molar-refractivity contribution in [2.75, 3.05) is 45.2 Å². The van der Waals surface area contributed by atoms with Gasteiger partial charge in [0.1, 0.15) is 28.3 Å². The van der Waals surface area contributed by atoms with Gasteiger partial charge in [0.2, 0.25) is 11.9 Å². The van der Waals surface area contributed by atoms with Crippen molar-refractivity contribution in [1.29, 1.82) is 0 Å². The molecule has 17 heteroatoms. The van der Waals surface area contributed by atoms with Crippen molar-refractivity contribution in [3.8, 4) is 17.2 Å². The molecule has 0 fully saturated rings. The van der Waals surface area contributed by atoms with Crippen molar-refractivity contribution >= 4 is 57.5 Å². The summed E-state index contributed by atoms with van der Waals surface area (Å²) in [6, 6.07) is 44.0. The number of imidazole rings is 2. The average Bonchev–Trinajstić information content (AvgIpc) is 4.13. The number of rotatable bonds is 27. The number of hydrogen-bond donors (Lipinski definition) is 3. The Balaban J connectivity index is 0.000000209. The molecule has 9 aromatic rings. The molecule has 0 saturated heterocycles. The Morgan fingerprint density at radius 1 is 0.519 bits per heavy atom. The number of nitrogens with one attached hydrogen (secondary N) is 3. The predicted molar refractivity (Wildman–Crippen MR) is 298 cm³/mol. The van der Waals surface area contributed by atoms with Gasteiger partial charge in [-0.25, -0.2) is 19.9 Å². The third kappa shape index (κ3) is 16.8. The molecule has 0 atom stereocenters. The first-order valence-corrected chi connectivity index (χ1v) is 26.1. The van der Waals surface area contributed by atoms with E-state index >= 15 is 0 Å². The number of ether oxygens (including phenoxy) is 5. The minimum atomic E-state index is -0.151. The number of aromatic nitrogens is 8. The second-order valence-electron chi connectivity index (χ2n) is 18.3. The Morgan fingerprint density at radius 3 is 1.57 bits per heavy atom. The van der Waals surface area contributed by atoms with E-state index in [1.54, 1.807) is 13.4 Å². The average molecular weight is 1040 g/mol. The molecular weight excluding hydrogens is 973 g/mol. The van der Waals surface area contributed by atoms with Gasteiger partial charge in [-0.05, 0) is 103 Å². The van der Waals surface area contributed by atoms with Crippen molar-refractivity contribution in [2.24, 2.45) is 0 Å². The van der Waals surface area contributed by atoms with E-state index in [1.165, 1.54) is 19.8 Å². The van der Waals surface area contributed by atoms with Crippen LogP contribution < -0.4 is 24.8 Å². The molecule has 0 aliphatic heterocycles. The van der Waals surface area contributed by atoms with E-state index in [4.69, 9.17) is 34.1 Å². The molecular formula is C60H66N10O7. The number of nitrogens with zero attached hydrogens (tertiary/aromatic N) is 7. The zero-order chi connectivity index (χ0) is 53.4. The Kier molecular flexibility index (Phi) is 20.3. The van der Waals surface area contributed by atoms with Crippen molar-refractivity contribution < 1.29 is 33.3 Å². The van der Waals surface area contributed by atoms with Crippen LogP contribution in [0.2, 0.25) is 0 Å². The lowest BCUT2D eigenvalue weighted by molar-refractivity contribution is -0.141. The van der Waals surface area contributed by atoms with Gasteiger partial charge in [0, 0.05) is 37.1 Å². The van der Waals surface area contributed by atoms with E-state index in [1.807, 2.05) is 120 Å². The summed E-state index contributed by atoms with van der Waals surface area (Å²) in [6.07, 6.45) is 13.3. The van der Waals surface area contributed by atoms with Gasteiger partial charge in [0.15, 0.2) is 11.3 Å². The van der Waals surface area contributed by atoms with Gasteiger partial charge in [0.05, 0.1) is 65.1 Å². The van der Waals surface area contributed by atoms with Crippen LogP contribution in [0.25, 0.3) is 22.3 Å². The molecule has 0 saturated carbocycles. The van der Waals surface area contributed by atoms with E-state index in [2.05, 4.69) is 59.3 Å². The summed E-state index contributed by atoms with van der Waals surface area (Å²) < 4.78 is 28.4. The number of hydrogen-bond acceptors (Lipinski definition) is 15. The number of methoxy groups -OCH3 is 3. The number of unbranched alkanes of at least 4 members (excludes halogenated alkanes) is 6. The second kappa shape index (κ2) is 28.7. The zero-order valence-electron chi connectivity index (χ0n) is 44.0. The minimum absolute atomic E-state index is 0.146. The van der Waals surface area contributed by atoms with Crippen molar-refractivity contribution in [3.05, 3.63) is 174 Å². The lowest BCUT2D eigenvalue weighted by Gasteiger charge is -2.11. The van der Waals surface area contributed by atoms with Crippen molar-refractivity contribution in [2.45, 2.75) is 83.6 Å². The number of esters is 2. The molecule has 0 aliphatic carbocycles. The number of anilines is 4. The number of carbonyl (C=O) groups excluding carboxylic acids is 2. The Morgan fingerprint density at radius 2 is 1.03 bits per heavy atom. The van der Waals surface area contributed by atoms with Gasteiger partial charge >= 0.3 is 11.9 Å². The molecule has 4 aromatic heterocycles. The maximum atomic E-state index is 11.2. The highest BCUT2D eigenvalue weighted by molar-refractivity contribution is 5.77. The van der Waals surface area contributed by atoms with Crippen LogP contribution >= 0.6 is 0 Å². The van der Waals surface area contributed by atoms with Crippen LogP contribution in [0.4, 0.5) is 23.3 Å². The zero-order valence-corrected chi connectivity index (χ0v) is 44.0. The SMILES string of the molecule is COC(=O)CCCCCCOc1ccc(Nc2nc(Cc3ccccc3)c3[nH]cnc3n2)cc1.COC(=O)CCCCCCOc1ccc(Nc2nc(Cc3ccccc3)c3ncn(Cc4ccc(OC)cc4)c3n2)cc1. The molecule has 17 nitrogen and oxygen atoms in total. The van der Waals surface area contributed by atoms with Crippen LogP contribution in [-0.2, 0) is 38.4 Å². The standard InChI is InChI=1S/C34H37N5O4.C26H29N5O3/c1-41-28-17-13-26(14-18-28)23-39-24-35-32-30(22-25-10-6-5-7-11-25)37-34(38-33(32)39)36-27-15-19-29(20-16-27)43-21-9-4-3-8-12-31(40)42-2;1-33-23(32)11-7-2-3-8-16-34-21-14-12-20(13-15-21)29-26-30-22(17-19-9-5-4-6-10-19)24-25(31-26)28-18-27-24/h5-7,10-11,13-20,24H,3-4,8-9,12,21-23H2,1-2H3,(H,36,37,38);4-6,9-10,12-15,18H,2-3,7-8,11,16-17H2,1H3,(H2,27,28,29,30,31). The third-order valence-electron chi connectivity index (χ3n) is 12.6. The van der Waals surface area contributed by atoms with E-state index in [0.717, 1.165) is 119 Å². The summed E-state index contributed by atoms with van der Waals surface area (Å²) in [4.78, 5) is 53.5. The molecule has 0 unspecified atom stereocenters. The lowest BCUT2D eigenvalue weighted by atomic mass is 10.1. The number of carbonyl (C=O) groups is 2. The van der Waals surface area contributed by atoms with Gasteiger partial charge in [-0.1, -0.05) is 98.5 Å². The van der Waals surface area contributed by atoms with Crippen LogP contribution in [-0.4, -0.2) is 85.9 Å². The number of fused-ring (bicyclic) bond motifs is 2. The first kappa shape index (κ1) is 54.4. The van der Waals surface area contributed by atoms with Crippen molar-refractivity contribution in [1.82, 2.24) is 39.5 Å². The van der Waals surface area contributed by atoms with Crippen LogP contribution in [0.1, 0.15) is 92.3 Å². The fraction of sp³-hybridized carbons (Fsp3) is 0.300. The maximum absolute atomic E-state index is 11.2. The molecule has 0 amide bonds. The monoisotopic (exact) mass is 1040 g/mol. The summed E-state index contributed by atoms with van der Waals surface area (Å²) in [7, 11) is 4.51. The molecule has 4 heterocycles. The largest absolute Gasteiger partial charge is 0.497 e. The first-order valence-electron chi connectivity index (χ1n) is 26.1. The summed E-state index contributed by atoms with van der Waals surface area (Å²) in [6.45, 7) is 1.90. The van der Waals surface area contributed by atoms with Gasteiger partial charge in [-0.3, -0.25) is 9.59 Å². The van der Waals surface area contributed by atoms with E-state index < -0.39 is 0 Å². The molecule has 0 bridgehead atoms. The Hall–Kier alpha value is -8.86. The quantitative estimate of drug-likeness (QED) is 0.0324. The third-order valence-corrected chi connectivity index (χ3v) is 12.6. The van der Waals surface area contributed by atoms with Crippen LogP contribution in [0.3, 0.4) is 0 Å². The highest BCUT2D eigenvalue weighted by atomic mass is 16.5. The van der Waals surface area contributed by atoms with Crippen LogP contribution in [0, 0.1) is 0 Å². The highest BCUT2D eigenvalue weighted by Gasteiger charge is 2.16. The maximum Gasteiger partial charge on any atom is 0.305 e. The first-order chi connectivity index (χ1) is 37.8. The normalized spacial score (nSPS) is 10.9. The van der Waals surface area contributed by atoms with Crippen molar-refractivity contribution in [3.63, 3.8) is 0 Å². The summed E-state index contributed by atoms with van der Waals surface area (Å²) in [5, 5.41) is 6.65. The van der Waals surface area contributed by atoms with Gasteiger partial charge in [0.25, 0.3) is 0 Å². The fourth-order valence-corrected chi connectivity index (χ4v) is 8.44. The number of H-pyrrole nitrogens is 1. The Labute approximate surface area is 448 Å². The Bertz CT molecular complexity index is 3230. The molecule has 5 aromatic carbocycles. The molecule has 77 heavy (non-hydrogen) atoms. The smallest absolute Gasteiger partial charge is 0.305 e. The molecule has 9 rings (SSSR count). The van der Waals surface area contributed by atoms with Crippen LogP contribution in [0.15, 0.2) is 146 Å². The van der Waals surface area contributed by atoms with E-state index in [0.29, 0.717) is 63.0 Å². The van der Waals surface area contributed by atoms with Crippen LogP contribution in [0.5, 0.6) is 17.2 Å². The summed E-state index contributed by atoms with van der Waals surface area (Å²) in [5.74, 6) is 3.16. The molecule has 0 aliphatic rings. The van der Waals surface area contributed by atoms with E-state index in [-0.39, 0.29) is 11.9 Å². The van der Waals surface area contributed by atoms with Gasteiger partial charge < -0.3 is 43.9 Å². The molecule has 3 N–H and O–H groups in total. The lowest BCUT2D eigenvalue weighted by Crippen LogP contribution is -2.06. The number of benzene rings is 5. The van der Waals surface area contributed by atoms with Gasteiger partial charge in [-0.2, -0.15) is 9.97 Å². The van der Waals surface area contributed by atoms with Gasteiger partial charge in [-0.15, -0.1) is 0 Å². The number of aromatic amines is 1. The molecule has 398 valence electrons. The predicted octanol–water partition coefficient (Wildman–Crippen LogP) is 11.9. The fourth-order valence-electron chi connectivity index (χ4n) is 8.44. The summed E-state index contributed by atoms with van der Waals surface area (Å²) >= 11 is 0. The minimum Gasteiger partial charge on any atom is -0.497 e. The molecule has 0 spiro atoms. The summed E-state index contributed by atoms with van der Waals surface area (Å²) in [5.41, 5.74) is 9.98. The molecule has 0 radical (unpaired) electrons. The second-order valence-corrected chi connectivity index (χ2v) is 18.3.